The van der Waals surface area contributed by atoms with Gasteiger partial charge in [-0.1, -0.05) is 0 Å². The number of aliphatic carboxylic acids is 1. The molecular weight excluding hydrogens is 328 g/mol. The van der Waals surface area contributed by atoms with Gasteiger partial charge in [-0.05, 0) is 24.3 Å². The first-order valence-corrected chi connectivity index (χ1v) is 7.33. The normalized spacial score (nSPS) is 10.6. The summed E-state index contributed by atoms with van der Waals surface area (Å²) in [4.78, 5) is 39.5. The van der Waals surface area contributed by atoms with E-state index in [-0.39, 0.29) is 23.4 Å². The van der Waals surface area contributed by atoms with E-state index in [4.69, 9.17) is 9.52 Å². The van der Waals surface area contributed by atoms with Crippen molar-refractivity contribution in [3.8, 4) is 0 Å². The molecule has 3 aromatic rings. The number of anilines is 1. The van der Waals surface area contributed by atoms with Crippen LogP contribution in [0.4, 0.5) is 5.69 Å². The molecule has 9 nitrogen and oxygen atoms in total. The number of aromatic nitrogens is 2. The molecule has 3 aromatic heterocycles. The van der Waals surface area contributed by atoms with Crippen molar-refractivity contribution in [2.24, 2.45) is 0 Å². The molecule has 0 saturated heterocycles. The lowest BCUT2D eigenvalue weighted by Gasteiger charge is -2.09. The van der Waals surface area contributed by atoms with Gasteiger partial charge in [0.15, 0.2) is 5.65 Å². The van der Waals surface area contributed by atoms with E-state index in [2.05, 4.69) is 15.6 Å². The van der Waals surface area contributed by atoms with Crippen LogP contribution in [0.2, 0.25) is 0 Å². The largest absolute Gasteiger partial charge is 0.480 e. The molecule has 0 aromatic carbocycles. The number of amides is 1. The standard InChI is InChI=1S/C16H14N4O5/c21-13(22)9-17-12-8-18-14-11(4-1-5-20(14)16(12)24)15(23)19-7-10-3-2-6-25-10/h1-6,8,17H,7,9H2,(H,19,23)(H,21,22). The molecule has 0 spiro atoms. The summed E-state index contributed by atoms with van der Waals surface area (Å²) in [6.07, 6.45) is 4.18. The van der Waals surface area contributed by atoms with Crippen molar-refractivity contribution in [3.05, 3.63) is 64.6 Å². The third-order valence-corrected chi connectivity index (χ3v) is 3.41. The number of pyridine rings is 1. The van der Waals surface area contributed by atoms with Crippen LogP contribution in [0.25, 0.3) is 5.65 Å². The van der Waals surface area contributed by atoms with Gasteiger partial charge in [0.1, 0.15) is 18.0 Å². The Balaban J connectivity index is 1.89. The van der Waals surface area contributed by atoms with Gasteiger partial charge in [0.2, 0.25) is 0 Å². The number of carboxylic acids is 1. The van der Waals surface area contributed by atoms with E-state index in [1.807, 2.05) is 0 Å². The Hall–Kier alpha value is -3.62. The van der Waals surface area contributed by atoms with Crippen molar-refractivity contribution >= 4 is 23.2 Å². The van der Waals surface area contributed by atoms with Gasteiger partial charge in [-0.3, -0.25) is 18.8 Å². The molecule has 0 aliphatic rings. The SMILES string of the molecule is O=C(O)CNc1cnc2c(C(=O)NCc3ccco3)cccn2c1=O. The van der Waals surface area contributed by atoms with Crippen LogP contribution in [0, 0.1) is 0 Å². The Labute approximate surface area is 140 Å². The van der Waals surface area contributed by atoms with Crippen LogP contribution in [-0.4, -0.2) is 32.9 Å². The van der Waals surface area contributed by atoms with Gasteiger partial charge in [-0.25, -0.2) is 4.98 Å². The Morgan fingerprint density at radius 3 is 2.84 bits per heavy atom. The molecular formula is C16H14N4O5. The van der Waals surface area contributed by atoms with E-state index >= 15 is 0 Å². The highest BCUT2D eigenvalue weighted by Crippen LogP contribution is 2.09. The van der Waals surface area contributed by atoms with Gasteiger partial charge < -0.3 is 20.2 Å². The topological polar surface area (TPSA) is 126 Å². The van der Waals surface area contributed by atoms with Crippen LogP contribution in [-0.2, 0) is 11.3 Å². The van der Waals surface area contributed by atoms with Gasteiger partial charge in [0.25, 0.3) is 11.5 Å². The number of nitrogens with zero attached hydrogens (tertiary/aromatic N) is 2. The minimum atomic E-state index is -1.10. The molecule has 0 atom stereocenters. The summed E-state index contributed by atoms with van der Waals surface area (Å²) in [6, 6.07) is 6.53. The summed E-state index contributed by atoms with van der Waals surface area (Å²) in [5.41, 5.74) is -0.0683. The van der Waals surface area contributed by atoms with Crippen molar-refractivity contribution in [1.82, 2.24) is 14.7 Å². The fourth-order valence-corrected chi connectivity index (χ4v) is 2.25. The van der Waals surface area contributed by atoms with E-state index in [1.165, 1.54) is 23.1 Å². The number of nitrogens with one attached hydrogen (secondary N) is 2. The molecule has 128 valence electrons. The van der Waals surface area contributed by atoms with Crippen LogP contribution in [0.1, 0.15) is 16.1 Å². The maximum atomic E-state index is 12.4. The quantitative estimate of drug-likeness (QED) is 0.602. The number of carbonyl (C=O) groups excluding carboxylic acids is 1. The minimum absolute atomic E-state index is 0.0352. The summed E-state index contributed by atoms with van der Waals surface area (Å²) in [5, 5.41) is 13.9. The Morgan fingerprint density at radius 2 is 2.12 bits per heavy atom. The fraction of sp³-hybridized carbons (Fsp3) is 0.125. The zero-order valence-corrected chi connectivity index (χ0v) is 12.9. The molecule has 9 heteroatoms. The monoisotopic (exact) mass is 342 g/mol. The molecule has 25 heavy (non-hydrogen) atoms. The van der Waals surface area contributed by atoms with E-state index in [0.717, 1.165) is 0 Å². The number of carboxylic acid groups (broad SMARTS) is 1. The second kappa shape index (κ2) is 6.87. The lowest BCUT2D eigenvalue weighted by molar-refractivity contribution is -0.134. The van der Waals surface area contributed by atoms with Gasteiger partial charge in [0.05, 0.1) is 24.6 Å². The predicted molar refractivity (Wildman–Crippen MR) is 87.5 cm³/mol. The van der Waals surface area contributed by atoms with Crippen LogP contribution >= 0.6 is 0 Å². The summed E-state index contributed by atoms with van der Waals surface area (Å²) in [7, 11) is 0. The molecule has 3 rings (SSSR count). The van der Waals surface area contributed by atoms with Crippen molar-refractivity contribution in [3.63, 3.8) is 0 Å². The Bertz CT molecular complexity index is 978. The first-order valence-electron chi connectivity index (χ1n) is 7.33. The average Bonchev–Trinajstić information content (AvgIpc) is 3.12. The van der Waals surface area contributed by atoms with E-state index < -0.39 is 24.0 Å². The Morgan fingerprint density at radius 1 is 1.28 bits per heavy atom. The maximum Gasteiger partial charge on any atom is 0.322 e. The van der Waals surface area contributed by atoms with Crippen molar-refractivity contribution < 1.29 is 19.1 Å². The minimum Gasteiger partial charge on any atom is -0.480 e. The third-order valence-electron chi connectivity index (χ3n) is 3.41. The summed E-state index contributed by atoms with van der Waals surface area (Å²) in [5.74, 6) is -0.915. The van der Waals surface area contributed by atoms with Crippen molar-refractivity contribution in [2.75, 3.05) is 11.9 Å². The highest BCUT2D eigenvalue weighted by atomic mass is 16.4. The first-order chi connectivity index (χ1) is 12.1. The van der Waals surface area contributed by atoms with Crippen molar-refractivity contribution in [2.45, 2.75) is 6.54 Å². The van der Waals surface area contributed by atoms with Gasteiger partial charge >= 0.3 is 5.97 Å². The third kappa shape index (κ3) is 3.50. The van der Waals surface area contributed by atoms with Gasteiger partial charge in [-0.2, -0.15) is 0 Å². The first kappa shape index (κ1) is 16.2. The summed E-state index contributed by atoms with van der Waals surface area (Å²) < 4.78 is 6.33. The molecule has 1 amide bonds. The molecule has 0 saturated carbocycles. The predicted octanol–water partition coefficient (Wildman–Crippen LogP) is 0.714. The van der Waals surface area contributed by atoms with Crippen LogP contribution < -0.4 is 16.2 Å². The Kier molecular flexibility index (Phi) is 4.46. The number of furan rings is 1. The molecule has 0 aliphatic carbocycles. The van der Waals surface area contributed by atoms with E-state index in [9.17, 15) is 14.4 Å². The van der Waals surface area contributed by atoms with Crippen LogP contribution in [0.5, 0.6) is 0 Å². The van der Waals surface area contributed by atoms with Crippen LogP contribution in [0.15, 0.2) is 52.1 Å². The maximum absolute atomic E-state index is 12.4. The number of hydrogen-bond acceptors (Lipinski definition) is 6. The summed E-state index contributed by atoms with van der Waals surface area (Å²) in [6.45, 7) is -0.207. The molecule has 0 aliphatic heterocycles. The van der Waals surface area contributed by atoms with Crippen LogP contribution in [0.3, 0.4) is 0 Å². The number of fused-ring (bicyclic) bond motifs is 1. The highest BCUT2D eigenvalue weighted by molar-refractivity contribution is 5.99. The van der Waals surface area contributed by atoms with E-state index in [0.29, 0.717) is 5.76 Å². The lowest BCUT2D eigenvalue weighted by Crippen LogP contribution is -2.27. The molecule has 0 unspecified atom stereocenters. The smallest absolute Gasteiger partial charge is 0.322 e. The molecule has 3 N–H and O–H groups in total. The molecule has 0 bridgehead atoms. The number of rotatable bonds is 6. The van der Waals surface area contributed by atoms with E-state index in [1.54, 1.807) is 24.3 Å². The lowest BCUT2D eigenvalue weighted by atomic mass is 10.2. The van der Waals surface area contributed by atoms with Gasteiger partial charge in [0, 0.05) is 6.20 Å². The molecule has 0 radical (unpaired) electrons. The molecule has 0 fully saturated rings. The zero-order valence-electron chi connectivity index (χ0n) is 12.9. The van der Waals surface area contributed by atoms with Crippen molar-refractivity contribution in [1.29, 1.82) is 0 Å². The number of carbonyl (C=O) groups is 2. The fourth-order valence-electron chi connectivity index (χ4n) is 2.25. The highest BCUT2D eigenvalue weighted by Gasteiger charge is 2.14. The zero-order chi connectivity index (χ0) is 17.8. The summed E-state index contributed by atoms with van der Waals surface area (Å²) >= 11 is 0. The second-order valence-corrected chi connectivity index (χ2v) is 5.10. The average molecular weight is 342 g/mol. The van der Waals surface area contributed by atoms with Gasteiger partial charge in [-0.15, -0.1) is 0 Å². The molecule has 3 heterocycles. The number of hydrogen-bond donors (Lipinski definition) is 3. The second-order valence-electron chi connectivity index (χ2n) is 5.10.